The van der Waals surface area contributed by atoms with Gasteiger partial charge in [0.15, 0.2) is 5.79 Å². The van der Waals surface area contributed by atoms with Gasteiger partial charge in [0.1, 0.15) is 12.2 Å². The predicted octanol–water partition coefficient (Wildman–Crippen LogP) is 3.08. The third kappa shape index (κ3) is 3.06. The molecular formula is C17H27N3O2. The van der Waals surface area contributed by atoms with Crippen molar-refractivity contribution in [3.8, 4) is 0 Å². The summed E-state index contributed by atoms with van der Waals surface area (Å²) < 4.78 is 13.8. The highest BCUT2D eigenvalue weighted by Gasteiger charge is 2.47. The van der Waals surface area contributed by atoms with E-state index in [1.54, 1.807) is 0 Å². The number of rotatable bonds is 5. The molecule has 5 heteroatoms. The monoisotopic (exact) mass is 305 g/mol. The van der Waals surface area contributed by atoms with Crippen LogP contribution in [0, 0.1) is 18.3 Å². The first-order valence-electron chi connectivity index (χ1n) is 8.81. The van der Waals surface area contributed by atoms with E-state index >= 15 is 0 Å². The molecule has 2 saturated carbocycles. The molecule has 3 aliphatic rings. The molecule has 0 bridgehead atoms. The molecule has 1 aromatic rings. The molecule has 1 saturated heterocycles. The minimum absolute atomic E-state index is 0.239. The highest BCUT2D eigenvalue weighted by Crippen LogP contribution is 2.53. The molecule has 3 fully saturated rings. The zero-order valence-corrected chi connectivity index (χ0v) is 13.6. The van der Waals surface area contributed by atoms with Gasteiger partial charge in [0.2, 0.25) is 0 Å². The summed E-state index contributed by atoms with van der Waals surface area (Å²) in [5.74, 6) is 1.60. The molecule has 1 aliphatic heterocycles. The standard InChI is InChI=1S/C17H27N3O2/c1-14-18-13-20(19-14)9-8-16(12-15-2-3-15)4-6-17(7-5-16)21-10-11-22-17/h13,15H,2-12H2,1H3. The van der Waals surface area contributed by atoms with E-state index < -0.39 is 0 Å². The van der Waals surface area contributed by atoms with Gasteiger partial charge in [-0.2, -0.15) is 5.10 Å². The largest absolute Gasteiger partial charge is 0.348 e. The first kappa shape index (κ1) is 14.6. The Morgan fingerprint density at radius 2 is 1.91 bits per heavy atom. The Morgan fingerprint density at radius 1 is 1.18 bits per heavy atom. The Kier molecular flexibility index (Phi) is 3.73. The minimum Gasteiger partial charge on any atom is -0.348 e. The lowest BCUT2D eigenvalue weighted by molar-refractivity contribution is -0.193. The third-order valence-corrected chi connectivity index (χ3v) is 5.83. The van der Waals surface area contributed by atoms with Crippen molar-refractivity contribution in [3.05, 3.63) is 12.2 Å². The molecule has 0 radical (unpaired) electrons. The summed E-state index contributed by atoms with van der Waals surface area (Å²) >= 11 is 0. The van der Waals surface area contributed by atoms with Crippen molar-refractivity contribution >= 4 is 0 Å². The molecule has 4 rings (SSSR count). The van der Waals surface area contributed by atoms with Crippen LogP contribution in [0.15, 0.2) is 6.33 Å². The maximum atomic E-state index is 5.91. The third-order valence-electron chi connectivity index (χ3n) is 5.83. The molecule has 1 aromatic heterocycles. The van der Waals surface area contributed by atoms with E-state index in [1.165, 1.54) is 38.5 Å². The van der Waals surface area contributed by atoms with E-state index in [0.717, 1.165) is 44.3 Å². The van der Waals surface area contributed by atoms with Crippen LogP contribution in [0.5, 0.6) is 0 Å². The fourth-order valence-corrected chi connectivity index (χ4v) is 4.28. The molecule has 0 atom stereocenters. The number of hydrogen-bond donors (Lipinski definition) is 0. The van der Waals surface area contributed by atoms with E-state index in [9.17, 15) is 0 Å². The van der Waals surface area contributed by atoms with Gasteiger partial charge in [-0.3, -0.25) is 4.68 Å². The Hall–Kier alpha value is -0.940. The van der Waals surface area contributed by atoms with Gasteiger partial charge in [0.25, 0.3) is 0 Å². The van der Waals surface area contributed by atoms with Crippen molar-refractivity contribution in [2.45, 2.75) is 70.6 Å². The second-order valence-electron chi connectivity index (χ2n) is 7.56. The van der Waals surface area contributed by atoms with Gasteiger partial charge in [-0.25, -0.2) is 4.98 Å². The van der Waals surface area contributed by atoms with Crippen LogP contribution in [0.4, 0.5) is 0 Å². The molecule has 2 aliphatic carbocycles. The zero-order chi connectivity index (χ0) is 15.0. The van der Waals surface area contributed by atoms with Crippen LogP contribution in [-0.2, 0) is 16.0 Å². The summed E-state index contributed by atoms with van der Waals surface area (Å²) in [6.07, 6.45) is 11.9. The Labute approximate surface area is 132 Å². The molecule has 1 spiro atoms. The highest BCUT2D eigenvalue weighted by atomic mass is 16.7. The van der Waals surface area contributed by atoms with Gasteiger partial charge < -0.3 is 9.47 Å². The topological polar surface area (TPSA) is 49.2 Å². The summed E-state index contributed by atoms with van der Waals surface area (Å²) in [4.78, 5) is 4.25. The average Bonchev–Trinajstić information content (AvgIpc) is 3.04. The maximum Gasteiger partial charge on any atom is 0.168 e. The van der Waals surface area contributed by atoms with E-state index in [4.69, 9.17) is 9.47 Å². The number of ether oxygens (including phenoxy) is 2. The molecule has 122 valence electrons. The SMILES string of the molecule is Cc1ncn(CCC2(CC3CC3)CCC3(CC2)OCCO3)n1. The fraction of sp³-hybridized carbons (Fsp3) is 0.882. The molecule has 0 unspecified atom stereocenters. The maximum absolute atomic E-state index is 5.91. The van der Waals surface area contributed by atoms with Gasteiger partial charge in [0, 0.05) is 19.4 Å². The summed E-state index contributed by atoms with van der Waals surface area (Å²) in [6, 6.07) is 0. The Bertz CT molecular complexity index is 508. The summed E-state index contributed by atoms with van der Waals surface area (Å²) in [5, 5.41) is 4.45. The highest BCUT2D eigenvalue weighted by molar-refractivity contribution is 4.94. The lowest BCUT2D eigenvalue weighted by atomic mass is 9.67. The van der Waals surface area contributed by atoms with Crippen LogP contribution in [0.2, 0.25) is 0 Å². The first-order valence-corrected chi connectivity index (χ1v) is 8.81. The Morgan fingerprint density at radius 3 is 2.50 bits per heavy atom. The molecule has 5 nitrogen and oxygen atoms in total. The zero-order valence-electron chi connectivity index (χ0n) is 13.6. The normalized spacial score (nSPS) is 26.6. The predicted molar refractivity (Wildman–Crippen MR) is 82.3 cm³/mol. The van der Waals surface area contributed by atoms with E-state index in [-0.39, 0.29) is 5.79 Å². The van der Waals surface area contributed by atoms with E-state index in [2.05, 4.69) is 10.1 Å². The molecule has 0 amide bonds. The van der Waals surface area contributed by atoms with Gasteiger partial charge in [-0.15, -0.1) is 0 Å². The van der Waals surface area contributed by atoms with Crippen molar-refractivity contribution in [1.82, 2.24) is 14.8 Å². The average molecular weight is 305 g/mol. The van der Waals surface area contributed by atoms with Crippen molar-refractivity contribution in [3.63, 3.8) is 0 Å². The lowest BCUT2D eigenvalue weighted by Gasteiger charge is -2.44. The first-order chi connectivity index (χ1) is 10.7. The molecule has 22 heavy (non-hydrogen) atoms. The fourth-order valence-electron chi connectivity index (χ4n) is 4.28. The number of nitrogens with zero attached hydrogens (tertiary/aromatic N) is 3. The summed E-state index contributed by atoms with van der Waals surface area (Å²) in [5.41, 5.74) is 0.460. The van der Waals surface area contributed by atoms with Crippen molar-refractivity contribution in [1.29, 1.82) is 0 Å². The van der Waals surface area contributed by atoms with E-state index in [1.807, 2.05) is 17.9 Å². The Balaban J connectivity index is 1.41. The van der Waals surface area contributed by atoms with Crippen LogP contribution in [0.3, 0.4) is 0 Å². The summed E-state index contributed by atoms with van der Waals surface area (Å²) in [7, 11) is 0. The summed E-state index contributed by atoms with van der Waals surface area (Å²) in [6.45, 7) is 4.49. The number of aryl methyl sites for hydroxylation is 2. The molecular weight excluding hydrogens is 278 g/mol. The number of aromatic nitrogens is 3. The molecule has 2 heterocycles. The van der Waals surface area contributed by atoms with Crippen molar-refractivity contribution in [2.24, 2.45) is 11.3 Å². The number of hydrogen-bond acceptors (Lipinski definition) is 4. The van der Waals surface area contributed by atoms with Crippen molar-refractivity contribution < 1.29 is 9.47 Å². The van der Waals surface area contributed by atoms with Gasteiger partial charge >= 0.3 is 0 Å². The van der Waals surface area contributed by atoms with Crippen LogP contribution < -0.4 is 0 Å². The quantitative estimate of drug-likeness (QED) is 0.839. The smallest absolute Gasteiger partial charge is 0.168 e. The van der Waals surface area contributed by atoms with Gasteiger partial charge in [0.05, 0.1) is 13.2 Å². The molecule has 0 aromatic carbocycles. The van der Waals surface area contributed by atoms with Crippen molar-refractivity contribution in [2.75, 3.05) is 13.2 Å². The second kappa shape index (κ2) is 5.60. The van der Waals surface area contributed by atoms with Crippen LogP contribution >= 0.6 is 0 Å². The second-order valence-corrected chi connectivity index (χ2v) is 7.56. The minimum atomic E-state index is -0.239. The van der Waals surface area contributed by atoms with Crippen LogP contribution in [0.1, 0.15) is 57.2 Å². The van der Waals surface area contributed by atoms with Gasteiger partial charge in [-0.1, -0.05) is 12.8 Å². The van der Waals surface area contributed by atoms with Crippen LogP contribution in [-0.4, -0.2) is 33.8 Å². The van der Waals surface area contributed by atoms with Crippen LogP contribution in [0.25, 0.3) is 0 Å². The van der Waals surface area contributed by atoms with E-state index in [0.29, 0.717) is 5.41 Å². The van der Waals surface area contributed by atoms with Gasteiger partial charge in [-0.05, 0) is 43.9 Å². The lowest BCUT2D eigenvalue weighted by Crippen LogP contribution is -2.40. The molecule has 0 N–H and O–H groups in total.